The Balaban J connectivity index is 3.05. The van der Waals surface area contributed by atoms with Crippen LogP contribution in [0.15, 0.2) is 25.6 Å². The first-order valence-electron chi connectivity index (χ1n) is 2.91. The van der Waals surface area contributed by atoms with Gasteiger partial charge in [0.25, 0.3) is 0 Å². The monoisotopic (exact) mass is 420 g/mol. The van der Waals surface area contributed by atoms with Crippen molar-refractivity contribution in [2.75, 3.05) is 5.43 Å². The summed E-state index contributed by atoms with van der Waals surface area (Å²) >= 11 is 13.3. The van der Waals surface area contributed by atoms with E-state index in [1.165, 1.54) is 0 Å². The average molecular weight is 424 g/mol. The maximum Gasteiger partial charge on any atom is 0.0650 e. The van der Waals surface area contributed by atoms with Gasteiger partial charge in [-0.05, 0) is 59.9 Å². The molecular weight excluding hydrogens is 420 g/mol. The quantitative estimate of drug-likeness (QED) is 0.423. The van der Waals surface area contributed by atoms with Gasteiger partial charge in [0, 0.05) is 29.6 Å². The molecule has 0 aliphatic rings. The van der Waals surface area contributed by atoms with Crippen molar-refractivity contribution in [2.24, 2.45) is 0 Å². The van der Waals surface area contributed by atoms with Gasteiger partial charge in [0.1, 0.15) is 0 Å². The molecular formula is C6H4Br4N2. The number of hydrazine groups is 1. The number of rotatable bonds is 2. The molecule has 6 heteroatoms. The normalized spacial score (nSPS) is 10.0. The van der Waals surface area contributed by atoms with E-state index in [-0.39, 0.29) is 0 Å². The minimum Gasteiger partial charge on any atom is -0.310 e. The molecule has 0 radical (unpaired) electrons. The zero-order valence-corrected chi connectivity index (χ0v) is 12.0. The lowest BCUT2D eigenvalue weighted by molar-refractivity contribution is 1.23. The highest BCUT2D eigenvalue weighted by Gasteiger charge is 2.03. The van der Waals surface area contributed by atoms with Gasteiger partial charge in [-0.2, -0.15) is 4.45 Å². The van der Waals surface area contributed by atoms with Crippen LogP contribution in [0.3, 0.4) is 0 Å². The highest BCUT2D eigenvalue weighted by atomic mass is 79.9. The van der Waals surface area contributed by atoms with Crippen molar-refractivity contribution in [1.29, 1.82) is 0 Å². The van der Waals surface area contributed by atoms with E-state index in [0.29, 0.717) is 0 Å². The van der Waals surface area contributed by atoms with Crippen LogP contribution in [0.2, 0.25) is 0 Å². The zero-order chi connectivity index (χ0) is 9.14. The van der Waals surface area contributed by atoms with E-state index in [1.54, 1.807) is 0 Å². The van der Waals surface area contributed by atoms with E-state index in [1.807, 2.05) is 12.1 Å². The fourth-order valence-electron chi connectivity index (χ4n) is 0.669. The predicted octanol–water partition coefficient (Wildman–Crippen LogP) is 4.20. The van der Waals surface area contributed by atoms with Crippen molar-refractivity contribution >= 4 is 69.6 Å². The average Bonchev–Trinajstić information content (AvgIpc) is 2.01. The molecule has 0 saturated carbocycles. The van der Waals surface area contributed by atoms with Crippen LogP contribution in [-0.4, -0.2) is 0 Å². The number of nitrogens with one attached hydrogen (secondary N) is 2. The van der Waals surface area contributed by atoms with Gasteiger partial charge in [-0.1, -0.05) is 0 Å². The van der Waals surface area contributed by atoms with Crippen LogP contribution in [0.25, 0.3) is 0 Å². The highest BCUT2D eigenvalue weighted by Crippen LogP contribution is 2.32. The lowest BCUT2D eigenvalue weighted by Crippen LogP contribution is -2.08. The Labute approximate surface area is 104 Å². The van der Waals surface area contributed by atoms with Gasteiger partial charge in [0.05, 0.1) is 5.69 Å². The van der Waals surface area contributed by atoms with Gasteiger partial charge in [-0.25, -0.2) is 0 Å². The Morgan fingerprint density at radius 3 is 2.08 bits per heavy atom. The molecule has 0 saturated heterocycles. The van der Waals surface area contributed by atoms with E-state index in [4.69, 9.17) is 0 Å². The third-order valence-corrected chi connectivity index (χ3v) is 3.89. The number of benzene rings is 1. The minimum absolute atomic E-state index is 0.946. The van der Waals surface area contributed by atoms with Crippen LogP contribution >= 0.6 is 63.9 Å². The third-order valence-electron chi connectivity index (χ3n) is 1.19. The lowest BCUT2D eigenvalue weighted by Gasteiger charge is -2.07. The lowest BCUT2D eigenvalue weighted by atomic mass is 10.3. The van der Waals surface area contributed by atoms with Crippen molar-refractivity contribution in [3.05, 3.63) is 25.6 Å². The number of hydrogen-bond acceptors (Lipinski definition) is 2. The third kappa shape index (κ3) is 2.70. The van der Waals surface area contributed by atoms with Crippen LogP contribution in [0, 0.1) is 0 Å². The Morgan fingerprint density at radius 1 is 0.917 bits per heavy atom. The van der Waals surface area contributed by atoms with Crippen LogP contribution in [-0.2, 0) is 0 Å². The molecule has 0 amide bonds. The van der Waals surface area contributed by atoms with Crippen molar-refractivity contribution in [1.82, 2.24) is 4.45 Å². The largest absolute Gasteiger partial charge is 0.310 e. The molecule has 0 heterocycles. The SMILES string of the molecule is BrNNc1cc(Br)c(Br)cc1Br. The van der Waals surface area contributed by atoms with E-state index >= 15 is 0 Å². The van der Waals surface area contributed by atoms with Crippen molar-refractivity contribution in [2.45, 2.75) is 0 Å². The molecule has 1 aromatic carbocycles. The fraction of sp³-hybridized carbons (Fsp3) is 0. The molecule has 0 spiro atoms. The molecule has 2 nitrogen and oxygen atoms in total. The second kappa shape index (κ2) is 4.95. The van der Waals surface area contributed by atoms with E-state index in [9.17, 15) is 0 Å². The van der Waals surface area contributed by atoms with Gasteiger partial charge < -0.3 is 5.43 Å². The molecule has 0 aliphatic carbocycles. The number of hydrogen-bond donors (Lipinski definition) is 2. The Kier molecular flexibility index (Phi) is 4.53. The number of anilines is 1. The maximum absolute atomic E-state index is 3.41. The second-order valence-electron chi connectivity index (χ2n) is 1.97. The van der Waals surface area contributed by atoms with E-state index in [0.717, 1.165) is 19.1 Å². The first kappa shape index (κ1) is 11.0. The maximum atomic E-state index is 3.41. The first-order chi connectivity index (χ1) is 5.65. The smallest absolute Gasteiger partial charge is 0.0650 e. The molecule has 1 rings (SSSR count). The van der Waals surface area contributed by atoms with Crippen LogP contribution < -0.4 is 9.88 Å². The van der Waals surface area contributed by atoms with Gasteiger partial charge >= 0.3 is 0 Å². The van der Waals surface area contributed by atoms with Gasteiger partial charge in [-0.15, -0.1) is 0 Å². The first-order valence-corrected chi connectivity index (χ1v) is 6.08. The highest BCUT2D eigenvalue weighted by molar-refractivity contribution is 9.13. The van der Waals surface area contributed by atoms with Crippen LogP contribution in [0.5, 0.6) is 0 Å². The van der Waals surface area contributed by atoms with Gasteiger partial charge in [0.2, 0.25) is 0 Å². The molecule has 0 bridgehead atoms. The molecule has 0 atom stereocenters. The molecule has 0 unspecified atom stereocenters. The topological polar surface area (TPSA) is 24.1 Å². The van der Waals surface area contributed by atoms with Crippen LogP contribution in [0.1, 0.15) is 0 Å². The van der Waals surface area contributed by atoms with E-state index < -0.39 is 0 Å². The molecule has 1 aromatic rings. The summed E-state index contributed by atoms with van der Waals surface area (Å²) < 4.78 is 5.65. The summed E-state index contributed by atoms with van der Waals surface area (Å²) in [7, 11) is 0. The Bertz CT molecular complexity index is 289. The van der Waals surface area contributed by atoms with Crippen molar-refractivity contribution in [3.63, 3.8) is 0 Å². The molecule has 2 N–H and O–H groups in total. The summed E-state index contributed by atoms with van der Waals surface area (Å²) in [5.41, 5.74) is 3.86. The fourth-order valence-corrected chi connectivity index (χ4v) is 2.32. The summed E-state index contributed by atoms with van der Waals surface area (Å²) in [5, 5.41) is 0. The Hall–Kier alpha value is 0.900. The zero-order valence-electron chi connectivity index (χ0n) is 5.67. The van der Waals surface area contributed by atoms with Crippen molar-refractivity contribution < 1.29 is 0 Å². The molecule has 0 fully saturated rings. The summed E-state index contributed by atoms with van der Waals surface area (Å²) in [6.45, 7) is 0. The minimum atomic E-state index is 0.946. The summed E-state index contributed by atoms with van der Waals surface area (Å²) in [6.07, 6.45) is 0. The predicted molar refractivity (Wildman–Crippen MR) is 65.2 cm³/mol. The molecule has 0 aliphatic heterocycles. The number of halogens is 4. The molecule has 66 valence electrons. The van der Waals surface area contributed by atoms with Crippen LogP contribution in [0.4, 0.5) is 5.69 Å². The molecule has 12 heavy (non-hydrogen) atoms. The summed E-state index contributed by atoms with van der Waals surface area (Å²) in [4.78, 5) is 0. The van der Waals surface area contributed by atoms with Crippen molar-refractivity contribution in [3.8, 4) is 0 Å². The van der Waals surface area contributed by atoms with E-state index in [2.05, 4.69) is 73.8 Å². The Morgan fingerprint density at radius 2 is 1.50 bits per heavy atom. The van der Waals surface area contributed by atoms with Gasteiger partial charge in [-0.3, -0.25) is 0 Å². The second-order valence-corrected chi connectivity index (χ2v) is 4.93. The van der Waals surface area contributed by atoms with Gasteiger partial charge in [0.15, 0.2) is 0 Å². The standard InChI is InChI=1S/C6H4Br4N2/c7-3-1-5(9)6(11-12-10)2-4(3)8/h1-2,11-12H. The molecule has 0 aromatic heterocycles. The summed E-state index contributed by atoms with van der Waals surface area (Å²) in [5.74, 6) is 0. The summed E-state index contributed by atoms with van der Waals surface area (Å²) in [6, 6.07) is 3.90.